The van der Waals surface area contributed by atoms with Crippen molar-refractivity contribution >= 4 is 5.76 Å². The summed E-state index contributed by atoms with van der Waals surface area (Å²) in [7, 11) is 0. The highest BCUT2D eigenvalue weighted by molar-refractivity contribution is 5.63. The van der Waals surface area contributed by atoms with Crippen LogP contribution in [-0.2, 0) is 4.84 Å². The number of rotatable bonds is 3. The van der Waals surface area contributed by atoms with Crippen LogP contribution in [0.25, 0.3) is 5.76 Å². The molecule has 1 atom stereocenters. The Labute approximate surface area is 146 Å². The van der Waals surface area contributed by atoms with Gasteiger partial charge in [0, 0.05) is 6.04 Å². The Morgan fingerprint density at radius 3 is 2.44 bits per heavy atom. The molecule has 2 aliphatic rings. The van der Waals surface area contributed by atoms with Crippen molar-refractivity contribution in [2.75, 3.05) is 0 Å². The standard InChI is InChI=1S/C21H21F2NO/c22-16-11-12-19(23)18(13-16)21-14-20(15-7-3-1-4-8-15)24(25-21)17-9-5-2-6-10-17/h1,3-4,7-8,11-14,17,20H,2,5-6,9-10H2. The molecule has 4 heteroatoms. The Kier molecular flexibility index (Phi) is 4.53. The van der Waals surface area contributed by atoms with Crippen LogP contribution in [0.5, 0.6) is 0 Å². The predicted molar refractivity (Wildman–Crippen MR) is 93.3 cm³/mol. The molecule has 0 amide bonds. The first-order valence-electron chi connectivity index (χ1n) is 8.91. The van der Waals surface area contributed by atoms with Crippen LogP contribution in [-0.4, -0.2) is 11.1 Å². The third kappa shape index (κ3) is 3.31. The molecule has 1 fully saturated rings. The van der Waals surface area contributed by atoms with Crippen molar-refractivity contribution in [3.05, 3.63) is 77.4 Å². The summed E-state index contributed by atoms with van der Waals surface area (Å²) in [6, 6.07) is 13.7. The molecule has 2 nitrogen and oxygen atoms in total. The van der Waals surface area contributed by atoms with Crippen LogP contribution in [0.2, 0.25) is 0 Å². The molecule has 0 spiro atoms. The number of hydrogen-bond donors (Lipinski definition) is 0. The Morgan fingerprint density at radius 2 is 1.68 bits per heavy atom. The van der Waals surface area contributed by atoms with Gasteiger partial charge in [-0.25, -0.2) is 8.78 Å². The van der Waals surface area contributed by atoms with Gasteiger partial charge in [-0.15, -0.1) is 5.06 Å². The first-order chi connectivity index (χ1) is 12.2. The summed E-state index contributed by atoms with van der Waals surface area (Å²) < 4.78 is 27.8. The van der Waals surface area contributed by atoms with Crippen molar-refractivity contribution in [3.8, 4) is 0 Å². The molecule has 0 N–H and O–H groups in total. The van der Waals surface area contributed by atoms with E-state index in [0.29, 0.717) is 11.8 Å². The second kappa shape index (κ2) is 6.96. The molecule has 1 aliphatic carbocycles. The van der Waals surface area contributed by atoms with Crippen molar-refractivity contribution in [2.24, 2.45) is 0 Å². The van der Waals surface area contributed by atoms with Gasteiger partial charge in [0.15, 0.2) is 5.76 Å². The van der Waals surface area contributed by atoms with Gasteiger partial charge in [0.2, 0.25) is 0 Å². The quantitative estimate of drug-likeness (QED) is 0.718. The van der Waals surface area contributed by atoms with Crippen molar-refractivity contribution in [2.45, 2.75) is 44.2 Å². The number of halogens is 2. The van der Waals surface area contributed by atoms with Crippen LogP contribution in [0, 0.1) is 11.6 Å². The zero-order valence-electron chi connectivity index (χ0n) is 14.0. The molecule has 25 heavy (non-hydrogen) atoms. The molecular weight excluding hydrogens is 320 g/mol. The normalized spacial score (nSPS) is 21.8. The van der Waals surface area contributed by atoms with E-state index in [1.807, 2.05) is 41.5 Å². The predicted octanol–water partition coefficient (Wildman–Crippen LogP) is 5.63. The lowest BCUT2D eigenvalue weighted by molar-refractivity contribution is -0.136. The van der Waals surface area contributed by atoms with E-state index in [4.69, 9.17) is 4.84 Å². The second-order valence-corrected chi connectivity index (χ2v) is 6.75. The van der Waals surface area contributed by atoms with Gasteiger partial charge in [-0.1, -0.05) is 49.6 Å². The van der Waals surface area contributed by atoms with Gasteiger partial charge in [0.05, 0.1) is 11.6 Å². The molecular formula is C21H21F2NO. The van der Waals surface area contributed by atoms with Crippen molar-refractivity contribution < 1.29 is 13.6 Å². The largest absolute Gasteiger partial charge is 0.404 e. The summed E-state index contributed by atoms with van der Waals surface area (Å²) in [5.74, 6) is -0.533. The van der Waals surface area contributed by atoms with E-state index >= 15 is 0 Å². The molecule has 130 valence electrons. The van der Waals surface area contributed by atoms with E-state index in [0.717, 1.165) is 30.5 Å². The fourth-order valence-electron chi connectivity index (χ4n) is 3.77. The van der Waals surface area contributed by atoms with E-state index in [2.05, 4.69) is 0 Å². The zero-order chi connectivity index (χ0) is 17.2. The smallest absolute Gasteiger partial charge is 0.155 e. The van der Waals surface area contributed by atoms with E-state index in [1.54, 1.807) is 0 Å². The molecule has 1 aliphatic heterocycles. The van der Waals surface area contributed by atoms with Crippen LogP contribution in [0.3, 0.4) is 0 Å². The molecule has 1 heterocycles. The van der Waals surface area contributed by atoms with Crippen molar-refractivity contribution in [3.63, 3.8) is 0 Å². The Balaban J connectivity index is 1.70. The van der Waals surface area contributed by atoms with E-state index in [9.17, 15) is 8.78 Å². The van der Waals surface area contributed by atoms with Gasteiger partial charge in [0.1, 0.15) is 11.6 Å². The third-order valence-corrected chi connectivity index (χ3v) is 5.06. The highest BCUT2D eigenvalue weighted by atomic mass is 19.1. The first kappa shape index (κ1) is 16.3. The van der Waals surface area contributed by atoms with Crippen LogP contribution in [0.15, 0.2) is 54.6 Å². The average Bonchev–Trinajstić information content (AvgIpc) is 3.10. The highest BCUT2D eigenvalue weighted by Crippen LogP contribution is 2.40. The number of hydroxylamine groups is 2. The second-order valence-electron chi connectivity index (χ2n) is 6.75. The lowest BCUT2D eigenvalue weighted by atomic mass is 9.93. The first-order valence-corrected chi connectivity index (χ1v) is 8.91. The maximum absolute atomic E-state index is 14.2. The summed E-state index contributed by atoms with van der Waals surface area (Å²) in [6.07, 6.45) is 7.64. The summed E-state index contributed by atoms with van der Waals surface area (Å²) in [5, 5.41) is 1.98. The van der Waals surface area contributed by atoms with Gasteiger partial charge in [-0.3, -0.25) is 0 Å². The van der Waals surface area contributed by atoms with Crippen molar-refractivity contribution in [1.29, 1.82) is 0 Å². The molecule has 0 saturated heterocycles. The fourth-order valence-corrected chi connectivity index (χ4v) is 3.77. The fraction of sp³-hybridized carbons (Fsp3) is 0.333. The summed E-state index contributed by atoms with van der Waals surface area (Å²) in [6.45, 7) is 0. The van der Waals surface area contributed by atoms with Gasteiger partial charge >= 0.3 is 0 Å². The lowest BCUT2D eigenvalue weighted by Gasteiger charge is -2.34. The highest BCUT2D eigenvalue weighted by Gasteiger charge is 2.36. The van der Waals surface area contributed by atoms with E-state index < -0.39 is 11.6 Å². The monoisotopic (exact) mass is 341 g/mol. The third-order valence-electron chi connectivity index (χ3n) is 5.06. The number of hydrogen-bond acceptors (Lipinski definition) is 2. The van der Waals surface area contributed by atoms with Crippen LogP contribution >= 0.6 is 0 Å². The molecule has 0 radical (unpaired) electrons. The molecule has 1 saturated carbocycles. The SMILES string of the molecule is Fc1ccc(F)c(C2=CC(c3ccccc3)N(C3CCCCC3)O2)c1. The van der Waals surface area contributed by atoms with Crippen LogP contribution in [0.1, 0.15) is 49.3 Å². The Bertz CT molecular complexity index is 769. The van der Waals surface area contributed by atoms with E-state index in [1.165, 1.54) is 25.3 Å². The maximum atomic E-state index is 14.2. The Morgan fingerprint density at radius 1 is 0.920 bits per heavy atom. The van der Waals surface area contributed by atoms with Gasteiger partial charge in [-0.2, -0.15) is 0 Å². The average molecular weight is 341 g/mol. The molecule has 2 aromatic carbocycles. The van der Waals surface area contributed by atoms with Gasteiger partial charge < -0.3 is 4.84 Å². The number of nitrogens with zero attached hydrogens (tertiary/aromatic N) is 1. The van der Waals surface area contributed by atoms with Crippen LogP contribution in [0.4, 0.5) is 8.78 Å². The Hall–Kier alpha value is -2.20. The van der Waals surface area contributed by atoms with E-state index in [-0.39, 0.29) is 11.6 Å². The molecule has 2 aromatic rings. The van der Waals surface area contributed by atoms with Gasteiger partial charge in [0.25, 0.3) is 0 Å². The maximum Gasteiger partial charge on any atom is 0.155 e. The summed E-state index contributed by atoms with van der Waals surface area (Å²) in [4.78, 5) is 6.08. The minimum absolute atomic E-state index is 0.0815. The molecule has 1 unspecified atom stereocenters. The summed E-state index contributed by atoms with van der Waals surface area (Å²) in [5.41, 5.74) is 1.28. The minimum atomic E-state index is -0.468. The minimum Gasteiger partial charge on any atom is -0.404 e. The molecule has 0 bridgehead atoms. The van der Waals surface area contributed by atoms with Gasteiger partial charge in [-0.05, 0) is 42.7 Å². The van der Waals surface area contributed by atoms with Crippen LogP contribution < -0.4 is 0 Å². The molecule has 4 rings (SSSR count). The topological polar surface area (TPSA) is 12.5 Å². The summed E-state index contributed by atoms with van der Waals surface area (Å²) >= 11 is 0. The number of benzene rings is 2. The zero-order valence-corrected chi connectivity index (χ0v) is 14.0. The van der Waals surface area contributed by atoms with Crippen molar-refractivity contribution in [1.82, 2.24) is 5.06 Å². The lowest BCUT2D eigenvalue weighted by Crippen LogP contribution is -2.35. The molecule has 0 aromatic heterocycles.